The van der Waals surface area contributed by atoms with E-state index in [1.54, 1.807) is 6.07 Å². The largest absolute Gasteiger partial charge is 0.352 e. The molecule has 1 saturated carbocycles. The molecular formula is C17H22BrN3O3. The van der Waals surface area contributed by atoms with E-state index in [1.807, 2.05) is 11.8 Å². The van der Waals surface area contributed by atoms with E-state index < -0.39 is 0 Å². The predicted molar refractivity (Wildman–Crippen MR) is 94.8 cm³/mol. The van der Waals surface area contributed by atoms with Crippen LogP contribution in [0.2, 0.25) is 0 Å². The maximum absolute atomic E-state index is 12.5. The number of hydrogen-bond acceptors (Lipinski definition) is 4. The Morgan fingerprint density at radius 1 is 1.38 bits per heavy atom. The van der Waals surface area contributed by atoms with Gasteiger partial charge in [-0.15, -0.1) is 0 Å². The molecule has 1 aromatic rings. The number of amides is 1. The van der Waals surface area contributed by atoms with Crippen LogP contribution in [0.3, 0.4) is 0 Å². The lowest BCUT2D eigenvalue weighted by molar-refractivity contribution is -0.385. The molecule has 3 rings (SSSR count). The standard InChI is InChI=1S/C17H22BrN3O3/c1-11(17(22)19-12-4-2-3-5-12)20-9-8-13-14(10-20)16(21(23)24)7-6-15(13)18/h6-7,11-12H,2-5,8-10H2,1H3,(H,19,22). The summed E-state index contributed by atoms with van der Waals surface area (Å²) in [7, 11) is 0. The Balaban J connectivity index is 1.75. The molecule has 0 radical (unpaired) electrons. The highest BCUT2D eigenvalue weighted by Crippen LogP contribution is 2.34. The van der Waals surface area contributed by atoms with Crippen LogP contribution in [0.15, 0.2) is 16.6 Å². The minimum absolute atomic E-state index is 0.0306. The van der Waals surface area contributed by atoms with Gasteiger partial charge in [-0.1, -0.05) is 28.8 Å². The number of nitrogens with zero attached hydrogens (tertiary/aromatic N) is 2. The minimum atomic E-state index is -0.335. The molecular weight excluding hydrogens is 374 g/mol. The third-order valence-electron chi connectivity index (χ3n) is 5.18. The van der Waals surface area contributed by atoms with Gasteiger partial charge in [-0.25, -0.2) is 0 Å². The number of carbonyl (C=O) groups excluding carboxylic acids is 1. The first kappa shape index (κ1) is 17.4. The lowest BCUT2D eigenvalue weighted by Gasteiger charge is -2.33. The molecule has 1 aromatic carbocycles. The van der Waals surface area contributed by atoms with Crippen molar-refractivity contribution in [1.82, 2.24) is 10.2 Å². The van der Waals surface area contributed by atoms with Crippen LogP contribution in [0.4, 0.5) is 5.69 Å². The van der Waals surface area contributed by atoms with E-state index in [9.17, 15) is 14.9 Å². The van der Waals surface area contributed by atoms with Crippen molar-refractivity contribution in [2.24, 2.45) is 0 Å². The molecule has 7 heteroatoms. The number of carbonyl (C=O) groups is 1. The summed E-state index contributed by atoms with van der Waals surface area (Å²) in [4.78, 5) is 25.5. The molecule has 1 fully saturated rings. The predicted octanol–water partition coefficient (Wildman–Crippen LogP) is 3.16. The molecule has 1 unspecified atom stereocenters. The summed E-state index contributed by atoms with van der Waals surface area (Å²) in [5.74, 6) is 0.0306. The average Bonchev–Trinajstić information content (AvgIpc) is 3.06. The molecule has 1 heterocycles. The number of fused-ring (bicyclic) bond motifs is 1. The number of hydrogen-bond donors (Lipinski definition) is 1. The van der Waals surface area contributed by atoms with Crippen molar-refractivity contribution in [1.29, 1.82) is 0 Å². The second-order valence-corrected chi connectivity index (χ2v) is 7.52. The minimum Gasteiger partial charge on any atom is -0.352 e. The van der Waals surface area contributed by atoms with E-state index >= 15 is 0 Å². The molecule has 6 nitrogen and oxygen atoms in total. The van der Waals surface area contributed by atoms with Crippen LogP contribution in [0.25, 0.3) is 0 Å². The van der Waals surface area contributed by atoms with Gasteiger partial charge in [0.15, 0.2) is 0 Å². The molecule has 1 aliphatic carbocycles. The van der Waals surface area contributed by atoms with Gasteiger partial charge in [-0.2, -0.15) is 0 Å². The van der Waals surface area contributed by atoms with E-state index in [-0.39, 0.29) is 22.6 Å². The summed E-state index contributed by atoms with van der Waals surface area (Å²) in [6.45, 7) is 3.05. The van der Waals surface area contributed by atoms with Gasteiger partial charge in [0.2, 0.25) is 5.91 Å². The van der Waals surface area contributed by atoms with Crippen LogP contribution >= 0.6 is 15.9 Å². The van der Waals surface area contributed by atoms with E-state index in [0.29, 0.717) is 19.0 Å². The van der Waals surface area contributed by atoms with Crippen molar-refractivity contribution < 1.29 is 9.72 Å². The number of halogens is 1. The number of nitro groups is 1. The van der Waals surface area contributed by atoms with Crippen molar-refractivity contribution in [3.63, 3.8) is 0 Å². The van der Waals surface area contributed by atoms with Crippen molar-refractivity contribution in [2.75, 3.05) is 6.54 Å². The van der Waals surface area contributed by atoms with E-state index in [4.69, 9.17) is 0 Å². The van der Waals surface area contributed by atoms with Crippen molar-refractivity contribution in [2.45, 2.75) is 57.7 Å². The van der Waals surface area contributed by atoms with Gasteiger partial charge in [-0.3, -0.25) is 19.8 Å². The first-order chi connectivity index (χ1) is 11.5. The first-order valence-corrected chi connectivity index (χ1v) is 9.25. The number of nitrogens with one attached hydrogen (secondary N) is 1. The van der Waals surface area contributed by atoms with Gasteiger partial charge in [0, 0.05) is 35.2 Å². The van der Waals surface area contributed by atoms with Gasteiger partial charge in [0.25, 0.3) is 5.69 Å². The molecule has 1 N–H and O–H groups in total. The lowest BCUT2D eigenvalue weighted by Crippen LogP contribution is -2.49. The fraction of sp³-hybridized carbons (Fsp3) is 0.588. The third kappa shape index (κ3) is 3.47. The quantitative estimate of drug-likeness (QED) is 0.627. The van der Waals surface area contributed by atoms with Gasteiger partial charge < -0.3 is 5.32 Å². The van der Waals surface area contributed by atoms with Crippen molar-refractivity contribution in [3.05, 3.63) is 37.8 Å². The number of benzene rings is 1. The van der Waals surface area contributed by atoms with Crippen LogP contribution < -0.4 is 5.32 Å². The van der Waals surface area contributed by atoms with E-state index in [2.05, 4.69) is 21.2 Å². The third-order valence-corrected chi connectivity index (χ3v) is 5.93. The monoisotopic (exact) mass is 395 g/mol. The van der Waals surface area contributed by atoms with Gasteiger partial charge in [0.05, 0.1) is 11.0 Å². The van der Waals surface area contributed by atoms with Crippen LogP contribution in [0, 0.1) is 10.1 Å². The maximum atomic E-state index is 12.5. The van der Waals surface area contributed by atoms with Gasteiger partial charge >= 0.3 is 0 Å². The molecule has 0 spiro atoms. The maximum Gasteiger partial charge on any atom is 0.274 e. The molecule has 2 aliphatic rings. The zero-order valence-electron chi connectivity index (χ0n) is 13.8. The second-order valence-electron chi connectivity index (χ2n) is 6.67. The normalized spacial score (nSPS) is 19.8. The van der Waals surface area contributed by atoms with E-state index in [0.717, 1.165) is 35.0 Å². The summed E-state index contributed by atoms with van der Waals surface area (Å²) in [6, 6.07) is 3.29. The molecule has 0 aromatic heterocycles. The molecule has 0 bridgehead atoms. The van der Waals surface area contributed by atoms with E-state index in [1.165, 1.54) is 18.9 Å². The zero-order chi connectivity index (χ0) is 17.3. The Hall–Kier alpha value is -1.47. The highest BCUT2D eigenvalue weighted by Gasteiger charge is 2.31. The molecule has 1 amide bonds. The van der Waals surface area contributed by atoms with Crippen molar-refractivity contribution >= 4 is 27.5 Å². The smallest absolute Gasteiger partial charge is 0.274 e. The average molecular weight is 396 g/mol. The Kier molecular flexibility index (Phi) is 5.20. The Bertz CT molecular complexity index is 659. The van der Waals surface area contributed by atoms with Crippen LogP contribution in [0.1, 0.15) is 43.7 Å². The molecule has 1 aliphatic heterocycles. The Morgan fingerprint density at radius 2 is 2.08 bits per heavy atom. The Labute approximate surface area is 149 Å². The summed E-state index contributed by atoms with van der Waals surface area (Å²) in [6.07, 6.45) is 5.17. The molecule has 1 atom stereocenters. The second kappa shape index (κ2) is 7.19. The fourth-order valence-corrected chi connectivity index (χ4v) is 4.27. The van der Waals surface area contributed by atoms with Crippen LogP contribution in [-0.4, -0.2) is 34.4 Å². The molecule has 130 valence electrons. The lowest BCUT2D eigenvalue weighted by atomic mass is 9.97. The topological polar surface area (TPSA) is 75.5 Å². The van der Waals surface area contributed by atoms with Crippen LogP contribution in [0.5, 0.6) is 0 Å². The number of rotatable bonds is 4. The van der Waals surface area contributed by atoms with Crippen LogP contribution in [-0.2, 0) is 17.8 Å². The van der Waals surface area contributed by atoms with Gasteiger partial charge in [0.1, 0.15) is 0 Å². The fourth-order valence-electron chi connectivity index (χ4n) is 3.70. The highest BCUT2D eigenvalue weighted by atomic mass is 79.9. The SMILES string of the molecule is CC(C(=O)NC1CCCC1)N1CCc2c(Br)ccc([N+](=O)[O-])c2C1. The summed E-state index contributed by atoms with van der Waals surface area (Å²) >= 11 is 3.49. The zero-order valence-corrected chi connectivity index (χ0v) is 15.3. The van der Waals surface area contributed by atoms with Gasteiger partial charge in [-0.05, 0) is 37.8 Å². The molecule has 0 saturated heterocycles. The number of nitro benzene ring substituents is 1. The summed E-state index contributed by atoms with van der Waals surface area (Å²) in [5, 5.41) is 14.4. The molecule has 24 heavy (non-hydrogen) atoms. The highest BCUT2D eigenvalue weighted by molar-refractivity contribution is 9.10. The summed E-state index contributed by atoms with van der Waals surface area (Å²) in [5.41, 5.74) is 1.85. The Morgan fingerprint density at radius 3 is 2.75 bits per heavy atom. The first-order valence-electron chi connectivity index (χ1n) is 8.46. The summed E-state index contributed by atoms with van der Waals surface area (Å²) < 4.78 is 0.908. The van der Waals surface area contributed by atoms with Crippen molar-refractivity contribution in [3.8, 4) is 0 Å².